The SMILES string of the molecule is O=c1cc(-c2ccccc2)oc2ccc(OCCCCOc3ccc4c(=O)c5ccccc5oc4c3)cc12. The van der Waals surface area contributed by atoms with E-state index in [1.807, 2.05) is 48.5 Å². The highest BCUT2D eigenvalue weighted by Gasteiger charge is 2.10. The Hall–Kier alpha value is -4.84. The molecule has 0 fully saturated rings. The fourth-order valence-electron chi connectivity index (χ4n) is 4.43. The molecule has 0 amide bonds. The summed E-state index contributed by atoms with van der Waals surface area (Å²) in [6, 6.07) is 28.9. The molecule has 0 radical (unpaired) electrons. The van der Waals surface area contributed by atoms with Crippen LogP contribution in [0.5, 0.6) is 11.5 Å². The van der Waals surface area contributed by atoms with Crippen molar-refractivity contribution in [3.8, 4) is 22.8 Å². The number of hydrogen-bond acceptors (Lipinski definition) is 6. The number of fused-ring (bicyclic) bond motifs is 3. The molecule has 0 aliphatic heterocycles. The molecule has 0 aliphatic rings. The largest absolute Gasteiger partial charge is 0.494 e. The minimum Gasteiger partial charge on any atom is -0.494 e. The fraction of sp³-hybridized carbons (Fsp3) is 0.125. The van der Waals surface area contributed by atoms with Gasteiger partial charge >= 0.3 is 0 Å². The van der Waals surface area contributed by atoms with Crippen molar-refractivity contribution in [2.24, 2.45) is 0 Å². The summed E-state index contributed by atoms with van der Waals surface area (Å²) < 4.78 is 23.6. The molecule has 0 aliphatic carbocycles. The van der Waals surface area contributed by atoms with Crippen molar-refractivity contribution in [3.05, 3.63) is 118 Å². The van der Waals surface area contributed by atoms with Gasteiger partial charge in [0.2, 0.25) is 5.43 Å². The first-order chi connectivity index (χ1) is 18.7. The van der Waals surface area contributed by atoms with E-state index in [2.05, 4.69) is 0 Å². The molecule has 0 bridgehead atoms. The minimum atomic E-state index is -0.108. The molecule has 0 unspecified atom stereocenters. The predicted octanol–water partition coefficient (Wildman–Crippen LogP) is 6.96. The third-order valence-corrected chi connectivity index (χ3v) is 6.38. The van der Waals surface area contributed by atoms with Crippen LogP contribution in [0.15, 0.2) is 115 Å². The van der Waals surface area contributed by atoms with E-state index >= 15 is 0 Å². The van der Waals surface area contributed by atoms with Crippen molar-refractivity contribution in [2.75, 3.05) is 13.2 Å². The van der Waals surface area contributed by atoms with Crippen molar-refractivity contribution >= 4 is 32.9 Å². The van der Waals surface area contributed by atoms with Gasteiger partial charge in [0.25, 0.3) is 0 Å². The summed E-state index contributed by atoms with van der Waals surface area (Å²) in [5.41, 5.74) is 2.29. The van der Waals surface area contributed by atoms with Gasteiger partial charge in [0.1, 0.15) is 34.0 Å². The van der Waals surface area contributed by atoms with Gasteiger partial charge in [-0.3, -0.25) is 9.59 Å². The summed E-state index contributed by atoms with van der Waals surface area (Å²) >= 11 is 0. The lowest BCUT2D eigenvalue weighted by Crippen LogP contribution is -2.05. The predicted molar refractivity (Wildman–Crippen MR) is 148 cm³/mol. The van der Waals surface area contributed by atoms with Crippen molar-refractivity contribution in [3.63, 3.8) is 0 Å². The summed E-state index contributed by atoms with van der Waals surface area (Å²) in [4.78, 5) is 25.4. The van der Waals surface area contributed by atoms with Crippen molar-refractivity contribution in [1.82, 2.24) is 0 Å². The number of unbranched alkanes of at least 4 members (excludes halogenated alkanes) is 1. The molecule has 0 atom stereocenters. The number of para-hydroxylation sites is 1. The molecule has 6 aromatic rings. The van der Waals surface area contributed by atoms with Crippen molar-refractivity contribution < 1.29 is 18.3 Å². The molecular formula is C32H24O6. The Morgan fingerprint density at radius 2 is 1.21 bits per heavy atom. The molecule has 2 heterocycles. The summed E-state index contributed by atoms with van der Waals surface area (Å²) in [7, 11) is 0. The lowest BCUT2D eigenvalue weighted by atomic mass is 10.1. The first-order valence-corrected chi connectivity index (χ1v) is 12.5. The summed E-state index contributed by atoms with van der Waals surface area (Å²) in [5.74, 6) is 1.81. The standard InChI is InChI=1S/C32H24O6/c33-27-20-30(21-8-2-1-3-9-21)37-29-15-13-22(18-26(27)29)35-16-6-7-17-36-23-12-14-25-31(19-23)38-28-11-5-4-10-24(28)32(25)34/h1-5,8-15,18-20H,6-7,16-17H2. The molecule has 0 spiro atoms. The maximum atomic E-state index is 12.7. The van der Waals surface area contributed by atoms with Crippen molar-refractivity contribution in [1.29, 1.82) is 0 Å². The quantitative estimate of drug-likeness (QED) is 0.165. The Labute approximate surface area is 217 Å². The lowest BCUT2D eigenvalue weighted by Gasteiger charge is -2.09. The average Bonchev–Trinajstić information content (AvgIpc) is 2.95. The third kappa shape index (κ3) is 4.76. The molecule has 0 saturated heterocycles. The van der Waals surface area contributed by atoms with Gasteiger partial charge in [-0.25, -0.2) is 0 Å². The maximum absolute atomic E-state index is 12.7. The summed E-state index contributed by atoms with van der Waals surface area (Å²) in [6.07, 6.45) is 1.54. The third-order valence-electron chi connectivity index (χ3n) is 6.38. The lowest BCUT2D eigenvalue weighted by molar-refractivity contribution is 0.266. The topological polar surface area (TPSA) is 78.9 Å². The molecule has 6 rings (SSSR count). The van der Waals surface area contributed by atoms with E-state index in [-0.39, 0.29) is 10.9 Å². The van der Waals surface area contributed by atoms with Crippen LogP contribution in [-0.4, -0.2) is 13.2 Å². The second kappa shape index (κ2) is 10.3. The van der Waals surface area contributed by atoms with Crippen LogP contribution in [-0.2, 0) is 0 Å². The monoisotopic (exact) mass is 504 g/mol. The normalized spacial score (nSPS) is 11.3. The molecule has 6 nitrogen and oxygen atoms in total. The first kappa shape index (κ1) is 23.6. The van der Waals surface area contributed by atoms with Crippen LogP contribution in [0.25, 0.3) is 44.2 Å². The Bertz CT molecular complexity index is 1870. The number of benzene rings is 4. The van der Waals surface area contributed by atoms with Crippen LogP contribution in [0.4, 0.5) is 0 Å². The molecule has 38 heavy (non-hydrogen) atoms. The van der Waals surface area contributed by atoms with E-state index in [4.69, 9.17) is 18.3 Å². The molecular weight excluding hydrogens is 480 g/mol. The van der Waals surface area contributed by atoms with Crippen LogP contribution >= 0.6 is 0 Å². The van der Waals surface area contributed by atoms with Gasteiger partial charge in [-0.05, 0) is 55.3 Å². The highest BCUT2D eigenvalue weighted by Crippen LogP contribution is 2.25. The second-order valence-corrected chi connectivity index (χ2v) is 8.99. The van der Waals surface area contributed by atoms with E-state index in [0.717, 1.165) is 18.4 Å². The molecule has 4 aromatic carbocycles. The van der Waals surface area contributed by atoms with Gasteiger partial charge in [-0.2, -0.15) is 0 Å². The van der Waals surface area contributed by atoms with Gasteiger partial charge in [-0.1, -0.05) is 42.5 Å². The van der Waals surface area contributed by atoms with Gasteiger partial charge in [0, 0.05) is 17.7 Å². The van der Waals surface area contributed by atoms with Crippen molar-refractivity contribution in [2.45, 2.75) is 12.8 Å². The van der Waals surface area contributed by atoms with Crippen LogP contribution in [0, 0.1) is 0 Å². The highest BCUT2D eigenvalue weighted by molar-refractivity contribution is 5.90. The van der Waals surface area contributed by atoms with Gasteiger partial charge in [-0.15, -0.1) is 0 Å². The molecule has 2 aromatic heterocycles. The second-order valence-electron chi connectivity index (χ2n) is 8.99. The Morgan fingerprint density at radius 3 is 2.03 bits per heavy atom. The summed E-state index contributed by atoms with van der Waals surface area (Å²) in [6.45, 7) is 0.983. The molecule has 188 valence electrons. The average molecular weight is 505 g/mol. The van der Waals surface area contributed by atoms with Crippen LogP contribution in [0.1, 0.15) is 12.8 Å². The van der Waals surface area contributed by atoms with E-state index in [9.17, 15) is 9.59 Å². The minimum absolute atomic E-state index is 0.0475. The highest BCUT2D eigenvalue weighted by atomic mass is 16.5. The number of ether oxygens (including phenoxy) is 2. The van der Waals surface area contributed by atoms with Gasteiger partial charge in [0.15, 0.2) is 5.43 Å². The summed E-state index contributed by atoms with van der Waals surface area (Å²) in [5, 5.41) is 1.59. The number of hydrogen-bond donors (Lipinski definition) is 0. The zero-order valence-corrected chi connectivity index (χ0v) is 20.5. The van der Waals surface area contributed by atoms with E-state index in [1.165, 1.54) is 6.07 Å². The zero-order chi connectivity index (χ0) is 25.9. The van der Waals surface area contributed by atoms with Crippen LogP contribution in [0.2, 0.25) is 0 Å². The maximum Gasteiger partial charge on any atom is 0.200 e. The molecule has 6 heteroatoms. The van der Waals surface area contributed by atoms with Gasteiger partial charge in [0.05, 0.1) is 29.4 Å². The first-order valence-electron chi connectivity index (χ1n) is 12.5. The van der Waals surface area contributed by atoms with E-state index in [0.29, 0.717) is 63.4 Å². The van der Waals surface area contributed by atoms with Gasteiger partial charge < -0.3 is 18.3 Å². The van der Waals surface area contributed by atoms with Crippen LogP contribution < -0.4 is 20.3 Å². The number of rotatable bonds is 8. The fourth-order valence-corrected chi connectivity index (χ4v) is 4.43. The zero-order valence-electron chi connectivity index (χ0n) is 20.5. The Morgan fingerprint density at radius 1 is 0.553 bits per heavy atom. The molecule has 0 N–H and O–H groups in total. The smallest absolute Gasteiger partial charge is 0.200 e. The Balaban J connectivity index is 1.04. The van der Waals surface area contributed by atoms with E-state index < -0.39 is 0 Å². The Kier molecular flexibility index (Phi) is 6.36. The van der Waals surface area contributed by atoms with E-state index in [1.54, 1.807) is 42.5 Å². The van der Waals surface area contributed by atoms with Crippen LogP contribution in [0.3, 0.4) is 0 Å². The molecule has 0 saturated carbocycles.